The molecule has 0 unspecified atom stereocenters. The summed E-state index contributed by atoms with van der Waals surface area (Å²) in [5, 5.41) is 2.76. The highest BCUT2D eigenvalue weighted by molar-refractivity contribution is 7.89. The summed E-state index contributed by atoms with van der Waals surface area (Å²) in [5.74, 6) is 0.350. The van der Waals surface area contributed by atoms with Crippen LogP contribution in [0.5, 0.6) is 5.75 Å². The largest absolute Gasteiger partial charge is 0.491 e. The van der Waals surface area contributed by atoms with Crippen LogP contribution in [0, 0.1) is 0 Å². The molecule has 0 spiro atoms. The van der Waals surface area contributed by atoms with Crippen molar-refractivity contribution in [2.75, 3.05) is 25.1 Å². The fourth-order valence-electron chi connectivity index (χ4n) is 2.84. The number of hydrogen-bond donors (Lipinski definition) is 2. The molecule has 3 rings (SSSR count). The Morgan fingerprint density at radius 3 is 2.22 bits per heavy atom. The van der Waals surface area contributed by atoms with Crippen LogP contribution in [0.2, 0.25) is 0 Å². The topological polar surface area (TPSA) is 93.7 Å². The third-order valence-electron chi connectivity index (χ3n) is 4.55. The van der Waals surface area contributed by atoms with E-state index in [0.717, 1.165) is 5.56 Å². The van der Waals surface area contributed by atoms with Gasteiger partial charge in [-0.15, -0.1) is 0 Å². The van der Waals surface area contributed by atoms with Gasteiger partial charge < -0.3 is 14.8 Å². The number of amides is 1. The number of hydrogen-bond acceptors (Lipinski definition) is 5. The Morgan fingerprint density at radius 2 is 1.56 bits per heavy atom. The lowest BCUT2D eigenvalue weighted by atomic mass is 10.2. The standard InChI is InChI=1S/C24H26N2O5S/c1-2-30-16-17-31-22-12-8-20(9-13-22)24(27)26-21-10-14-23(15-11-21)32(28,29)25-18-19-6-4-3-5-7-19/h3-15,25H,2,16-18H2,1H3,(H,26,27). The molecule has 0 bridgehead atoms. The van der Waals surface area contributed by atoms with Crippen LogP contribution in [0.25, 0.3) is 0 Å². The molecule has 0 heterocycles. The average Bonchev–Trinajstić information content (AvgIpc) is 2.82. The number of benzene rings is 3. The lowest BCUT2D eigenvalue weighted by Crippen LogP contribution is -2.23. The summed E-state index contributed by atoms with van der Waals surface area (Å²) >= 11 is 0. The molecule has 32 heavy (non-hydrogen) atoms. The van der Waals surface area contributed by atoms with Gasteiger partial charge in [0.1, 0.15) is 12.4 Å². The Bertz CT molecular complexity index is 1100. The van der Waals surface area contributed by atoms with Crippen LogP contribution < -0.4 is 14.8 Å². The van der Waals surface area contributed by atoms with Crippen molar-refractivity contribution in [3.8, 4) is 5.75 Å². The summed E-state index contributed by atoms with van der Waals surface area (Å²) in [5.41, 5.74) is 1.82. The van der Waals surface area contributed by atoms with Gasteiger partial charge in [0.05, 0.1) is 11.5 Å². The first-order chi connectivity index (χ1) is 15.5. The molecule has 0 aliphatic carbocycles. The van der Waals surface area contributed by atoms with Gasteiger partial charge >= 0.3 is 0 Å². The summed E-state index contributed by atoms with van der Waals surface area (Å²) in [4.78, 5) is 12.6. The molecule has 7 nitrogen and oxygen atoms in total. The van der Waals surface area contributed by atoms with E-state index in [0.29, 0.717) is 36.8 Å². The van der Waals surface area contributed by atoms with E-state index in [-0.39, 0.29) is 17.3 Å². The lowest BCUT2D eigenvalue weighted by Gasteiger charge is -2.10. The van der Waals surface area contributed by atoms with Crippen LogP contribution in [0.15, 0.2) is 83.8 Å². The van der Waals surface area contributed by atoms with Crippen LogP contribution in [-0.4, -0.2) is 34.1 Å². The second-order valence-corrected chi connectivity index (χ2v) is 8.63. The van der Waals surface area contributed by atoms with Crippen molar-refractivity contribution in [3.05, 3.63) is 90.0 Å². The quantitative estimate of drug-likeness (QED) is 0.430. The van der Waals surface area contributed by atoms with E-state index < -0.39 is 10.0 Å². The van der Waals surface area contributed by atoms with Gasteiger partial charge in [-0.05, 0) is 61.0 Å². The number of anilines is 1. The van der Waals surface area contributed by atoms with Gasteiger partial charge in [-0.25, -0.2) is 13.1 Å². The first-order valence-corrected chi connectivity index (χ1v) is 11.7. The molecule has 3 aromatic carbocycles. The number of sulfonamides is 1. The van der Waals surface area contributed by atoms with Gasteiger partial charge in [-0.1, -0.05) is 30.3 Å². The maximum absolute atomic E-state index is 12.5. The molecule has 0 atom stereocenters. The highest BCUT2D eigenvalue weighted by atomic mass is 32.2. The molecule has 0 radical (unpaired) electrons. The van der Waals surface area contributed by atoms with Crippen LogP contribution in [0.3, 0.4) is 0 Å². The fourth-order valence-corrected chi connectivity index (χ4v) is 3.86. The van der Waals surface area contributed by atoms with Gasteiger partial charge in [-0.3, -0.25) is 4.79 Å². The number of rotatable bonds is 11. The van der Waals surface area contributed by atoms with Gasteiger partial charge in [-0.2, -0.15) is 0 Å². The van der Waals surface area contributed by atoms with Crippen molar-refractivity contribution in [2.24, 2.45) is 0 Å². The molecule has 0 fully saturated rings. The minimum absolute atomic E-state index is 0.125. The highest BCUT2D eigenvalue weighted by Crippen LogP contribution is 2.17. The van der Waals surface area contributed by atoms with E-state index in [1.807, 2.05) is 37.3 Å². The lowest BCUT2D eigenvalue weighted by molar-refractivity contribution is 0.102. The number of carbonyl (C=O) groups is 1. The fraction of sp³-hybridized carbons (Fsp3) is 0.208. The average molecular weight is 455 g/mol. The van der Waals surface area contributed by atoms with Crippen molar-refractivity contribution >= 4 is 21.6 Å². The Labute approximate surface area is 188 Å². The van der Waals surface area contributed by atoms with Gasteiger partial charge in [0.25, 0.3) is 5.91 Å². The number of ether oxygens (including phenoxy) is 2. The smallest absolute Gasteiger partial charge is 0.255 e. The van der Waals surface area contributed by atoms with Crippen LogP contribution >= 0.6 is 0 Å². The summed E-state index contributed by atoms with van der Waals surface area (Å²) < 4.78 is 38.3. The van der Waals surface area contributed by atoms with Gasteiger partial charge in [0.15, 0.2) is 0 Å². The Hall–Kier alpha value is -3.20. The maximum atomic E-state index is 12.5. The SMILES string of the molecule is CCOCCOc1ccc(C(=O)Nc2ccc(S(=O)(=O)NCc3ccccc3)cc2)cc1. The summed E-state index contributed by atoms with van der Waals surface area (Å²) in [7, 11) is -3.66. The van der Waals surface area contributed by atoms with Crippen molar-refractivity contribution in [3.63, 3.8) is 0 Å². The first kappa shape index (κ1) is 23.5. The summed E-state index contributed by atoms with van der Waals surface area (Å²) in [6.45, 7) is 3.70. The van der Waals surface area contributed by atoms with Crippen LogP contribution in [0.4, 0.5) is 5.69 Å². The summed E-state index contributed by atoms with van der Waals surface area (Å²) in [6.07, 6.45) is 0. The number of carbonyl (C=O) groups excluding carboxylic acids is 1. The Morgan fingerprint density at radius 1 is 0.875 bits per heavy atom. The monoisotopic (exact) mass is 454 g/mol. The zero-order chi connectivity index (χ0) is 22.8. The molecular weight excluding hydrogens is 428 g/mol. The molecule has 168 valence electrons. The van der Waals surface area contributed by atoms with Crippen molar-refractivity contribution < 1.29 is 22.7 Å². The zero-order valence-electron chi connectivity index (χ0n) is 17.8. The first-order valence-electron chi connectivity index (χ1n) is 10.2. The van der Waals surface area contributed by atoms with E-state index >= 15 is 0 Å². The minimum Gasteiger partial charge on any atom is -0.491 e. The molecule has 0 aliphatic rings. The highest BCUT2D eigenvalue weighted by Gasteiger charge is 2.14. The van der Waals surface area contributed by atoms with Gasteiger partial charge in [0, 0.05) is 24.4 Å². The van der Waals surface area contributed by atoms with E-state index in [9.17, 15) is 13.2 Å². The van der Waals surface area contributed by atoms with E-state index in [4.69, 9.17) is 9.47 Å². The molecule has 0 aromatic heterocycles. The van der Waals surface area contributed by atoms with Crippen molar-refractivity contribution in [2.45, 2.75) is 18.4 Å². The second-order valence-electron chi connectivity index (χ2n) is 6.86. The van der Waals surface area contributed by atoms with Crippen molar-refractivity contribution in [1.82, 2.24) is 4.72 Å². The van der Waals surface area contributed by atoms with Gasteiger partial charge in [0.2, 0.25) is 10.0 Å². The molecular formula is C24H26N2O5S. The molecule has 2 N–H and O–H groups in total. The molecule has 8 heteroatoms. The van der Waals surface area contributed by atoms with Crippen LogP contribution in [-0.2, 0) is 21.3 Å². The predicted octanol–water partition coefficient (Wildman–Crippen LogP) is 3.83. The number of nitrogens with one attached hydrogen (secondary N) is 2. The third kappa shape index (κ3) is 6.91. The van der Waals surface area contributed by atoms with E-state index in [2.05, 4.69) is 10.0 Å². The second kappa shape index (κ2) is 11.4. The Balaban J connectivity index is 1.55. The minimum atomic E-state index is -3.66. The van der Waals surface area contributed by atoms with E-state index in [1.165, 1.54) is 12.1 Å². The third-order valence-corrected chi connectivity index (χ3v) is 5.97. The summed E-state index contributed by atoms with van der Waals surface area (Å²) in [6, 6.07) is 22.1. The normalized spacial score (nSPS) is 11.2. The Kier molecular flexibility index (Phi) is 8.38. The van der Waals surface area contributed by atoms with E-state index in [1.54, 1.807) is 36.4 Å². The maximum Gasteiger partial charge on any atom is 0.255 e. The predicted molar refractivity (Wildman–Crippen MR) is 123 cm³/mol. The van der Waals surface area contributed by atoms with Crippen LogP contribution in [0.1, 0.15) is 22.8 Å². The molecule has 3 aromatic rings. The van der Waals surface area contributed by atoms with Crippen molar-refractivity contribution in [1.29, 1.82) is 0 Å². The zero-order valence-corrected chi connectivity index (χ0v) is 18.6. The molecule has 0 saturated heterocycles. The molecule has 0 saturated carbocycles. The molecule has 0 aliphatic heterocycles. The molecule has 1 amide bonds.